The molecule has 0 atom stereocenters. The highest BCUT2D eigenvalue weighted by Gasteiger charge is 2.54. The van der Waals surface area contributed by atoms with E-state index in [1.54, 1.807) is 0 Å². The van der Waals surface area contributed by atoms with Gasteiger partial charge in [-0.05, 0) is 31.8 Å². The van der Waals surface area contributed by atoms with Crippen molar-refractivity contribution in [3.8, 4) is 0 Å². The van der Waals surface area contributed by atoms with Crippen LogP contribution in [0.1, 0.15) is 25.7 Å². The van der Waals surface area contributed by atoms with Crippen LogP contribution in [0, 0.1) is 11.3 Å². The van der Waals surface area contributed by atoms with Crippen molar-refractivity contribution in [1.82, 2.24) is 5.32 Å². The first-order valence-electron chi connectivity index (χ1n) is 5.11. The van der Waals surface area contributed by atoms with E-state index in [2.05, 4.69) is 5.32 Å². The fourth-order valence-corrected chi connectivity index (χ4v) is 2.64. The lowest BCUT2D eigenvalue weighted by Gasteiger charge is -2.44. The SMILES string of the molecule is O=C1CC(C(=O)O)(C2CCNCC2)C1. The fourth-order valence-electron chi connectivity index (χ4n) is 2.64. The topological polar surface area (TPSA) is 66.4 Å². The molecule has 0 spiro atoms. The number of piperidine rings is 1. The van der Waals surface area contributed by atoms with Crippen molar-refractivity contribution in [3.63, 3.8) is 0 Å². The molecule has 1 heterocycles. The molecule has 14 heavy (non-hydrogen) atoms. The van der Waals surface area contributed by atoms with Gasteiger partial charge in [0.25, 0.3) is 0 Å². The zero-order valence-corrected chi connectivity index (χ0v) is 8.08. The molecule has 2 N–H and O–H groups in total. The van der Waals surface area contributed by atoms with Crippen LogP contribution in [-0.2, 0) is 9.59 Å². The van der Waals surface area contributed by atoms with Crippen LogP contribution >= 0.6 is 0 Å². The van der Waals surface area contributed by atoms with E-state index < -0.39 is 11.4 Å². The van der Waals surface area contributed by atoms with Gasteiger partial charge in [0, 0.05) is 12.8 Å². The van der Waals surface area contributed by atoms with Crippen LogP contribution in [-0.4, -0.2) is 29.9 Å². The zero-order chi connectivity index (χ0) is 10.2. The minimum absolute atomic E-state index is 0.103. The van der Waals surface area contributed by atoms with Crippen LogP contribution in [0.2, 0.25) is 0 Å². The van der Waals surface area contributed by atoms with Crippen molar-refractivity contribution in [3.05, 3.63) is 0 Å². The van der Waals surface area contributed by atoms with Crippen LogP contribution in [0.15, 0.2) is 0 Å². The van der Waals surface area contributed by atoms with Crippen molar-refractivity contribution < 1.29 is 14.7 Å². The van der Waals surface area contributed by atoms with Gasteiger partial charge in [-0.25, -0.2) is 0 Å². The first kappa shape index (κ1) is 9.65. The summed E-state index contributed by atoms with van der Waals surface area (Å²) in [5.41, 5.74) is -0.709. The van der Waals surface area contributed by atoms with Crippen molar-refractivity contribution in [1.29, 1.82) is 0 Å². The third kappa shape index (κ3) is 1.34. The lowest BCUT2D eigenvalue weighted by atomic mass is 9.58. The van der Waals surface area contributed by atoms with Gasteiger partial charge in [0.05, 0.1) is 5.41 Å². The quantitative estimate of drug-likeness (QED) is 0.673. The molecule has 0 aromatic rings. The van der Waals surface area contributed by atoms with Crippen molar-refractivity contribution in [2.75, 3.05) is 13.1 Å². The van der Waals surface area contributed by atoms with E-state index >= 15 is 0 Å². The summed E-state index contributed by atoms with van der Waals surface area (Å²) in [6.45, 7) is 1.77. The Bertz CT molecular complexity index is 261. The Morgan fingerprint density at radius 1 is 1.36 bits per heavy atom. The molecule has 2 rings (SSSR count). The molecule has 4 nitrogen and oxygen atoms in total. The molecule has 2 fully saturated rings. The molecule has 0 amide bonds. The van der Waals surface area contributed by atoms with E-state index in [-0.39, 0.29) is 24.5 Å². The molecule has 4 heteroatoms. The van der Waals surface area contributed by atoms with Gasteiger partial charge in [-0.3, -0.25) is 9.59 Å². The molecule has 1 saturated carbocycles. The Morgan fingerprint density at radius 3 is 2.36 bits per heavy atom. The number of aliphatic carboxylic acids is 1. The number of carbonyl (C=O) groups excluding carboxylic acids is 1. The Morgan fingerprint density at radius 2 is 1.93 bits per heavy atom. The molecular formula is C10H15NO3. The average molecular weight is 197 g/mol. The molecule has 78 valence electrons. The predicted molar refractivity (Wildman–Crippen MR) is 49.9 cm³/mol. The summed E-state index contributed by atoms with van der Waals surface area (Å²) in [5.74, 6) is -0.478. The third-order valence-corrected chi connectivity index (χ3v) is 3.57. The molecule has 0 aromatic carbocycles. The van der Waals surface area contributed by atoms with Gasteiger partial charge in [-0.15, -0.1) is 0 Å². The summed E-state index contributed by atoms with van der Waals surface area (Å²) in [5, 5.41) is 12.4. The van der Waals surface area contributed by atoms with E-state index in [1.807, 2.05) is 0 Å². The monoisotopic (exact) mass is 197 g/mol. The fraction of sp³-hybridized carbons (Fsp3) is 0.800. The molecule has 0 unspecified atom stereocenters. The van der Waals surface area contributed by atoms with Crippen molar-refractivity contribution >= 4 is 11.8 Å². The maximum atomic E-state index is 11.2. The summed E-state index contributed by atoms with van der Waals surface area (Å²) >= 11 is 0. The second kappa shape index (κ2) is 3.35. The van der Waals surface area contributed by atoms with Crippen LogP contribution in [0.25, 0.3) is 0 Å². The summed E-state index contributed by atoms with van der Waals surface area (Å²) in [4.78, 5) is 22.2. The molecule has 2 aliphatic rings. The first-order valence-corrected chi connectivity index (χ1v) is 5.11. The second-order valence-corrected chi connectivity index (χ2v) is 4.38. The normalized spacial score (nSPS) is 27.0. The van der Waals surface area contributed by atoms with Crippen molar-refractivity contribution in [2.24, 2.45) is 11.3 Å². The molecule has 1 aliphatic carbocycles. The van der Waals surface area contributed by atoms with Gasteiger partial charge in [0.2, 0.25) is 0 Å². The van der Waals surface area contributed by atoms with Gasteiger partial charge < -0.3 is 10.4 Å². The number of carboxylic acids is 1. The molecular weight excluding hydrogens is 182 g/mol. The summed E-state index contributed by atoms with van der Waals surface area (Å²) in [6, 6.07) is 0. The number of carboxylic acid groups (broad SMARTS) is 1. The smallest absolute Gasteiger partial charge is 0.310 e. The van der Waals surface area contributed by atoms with E-state index in [0.29, 0.717) is 0 Å². The van der Waals surface area contributed by atoms with Crippen LogP contribution in [0.5, 0.6) is 0 Å². The van der Waals surface area contributed by atoms with E-state index in [1.165, 1.54) is 0 Å². The number of nitrogens with one attached hydrogen (secondary N) is 1. The lowest BCUT2D eigenvalue weighted by molar-refractivity contribution is -0.167. The van der Waals surface area contributed by atoms with Gasteiger partial charge in [0.15, 0.2) is 0 Å². The average Bonchev–Trinajstić information content (AvgIpc) is 2.13. The number of hydrogen-bond acceptors (Lipinski definition) is 3. The number of carbonyl (C=O) groups is 2. The minimum atomic E-state index is -0.774. The van der Waals surface area contributed by atoms with Gasteiger partial charge in [-0.2, -0.15) is 0 Å². The number of Topliss-reactive ketones (excluding diaryl/α,β-unsaturated/α-hetero) is 1. The number of ketones is 1. The number of rotatable bonds is 2. The van der Waals surface area contributed by atoms with Crippen LogP contribution in [0.3, 0.4) is 0 Å². The molecule has 0 aromatic heterocycles. The van der Waals surface area contributed by atoms with E-state index in [0.717, 1.165) is 25.9 Å². The van der Waals surface area contributed by atoms with Crippen LogP contribution in [0.4, 0.5) is 0 Å². The second-order valence-electron chi connectivity index (χ2n) is 4.38. The standard InChI is InChI=1S/C10H15NO3/c12-8-5-10(6-8,9(13)14)7-1-3-11-4-2-7/h7,11H,1-6H2,(H,13,14). The summed E-state index contributed by atoms with van der Waals surface area (Å²) in [7, 11) is 0. The van der Waals surface area contributed by atoms with Gasteiger partial charge in [-0.1, -0.05) is 0 Å². The van der Waals surface area contributed by atoms with Crippen molar-refractivity contribution in [2.45, 2.75) is 25.7 Å². The molecule has 0 radical (unpaired) electrons. The third-order valence-electron chi connectivity index (χ3n) is 3.57. The first-order chi connectivity index (χ1) is 6.65. The molecule has 0 bridgehead atoms. The minimum Gasteiger partial charge on any atom is -0.481 e. The maximum Gasteiger partial charge on any atom is 0.310 e. The Kier molecular flexibility index (Phi) is 2.31. The largest absolute Gasteiger partial charge is 0.481 e. The summed E-state index contributed by atoms with van der Waals surface area (Å²) < 4.78 is 0. The Balaban J connectivity index is 2.10. The Hall–Kier alpha value is -0.900. The predicted octanol–water partition coefficient (Wildman–Crippen LogP) is 0.420. The Labute approximate surface area is 82.7 Å². The van der Waals surface area contributed by atoms with E-state index in [4.69, 9.17) is 0 Å². The van der Waals surface area contributed by atoms with E-state index in [9.17, 15) is 14.7 Å². The van der Waals surface area contributed by atoms with Gasteiger partial charge >= 0.3 is 5.97 Å². The van der Waals surface area contributed by atoms with Gasteiger partial charge in [0.1, 0.15) is 5.78 Å². The molecule has 1 aliphatic heterocycles. The maximum absolute atomic E-state index is 11.2. The highest BCUT2D eigenvalue weighted by atomic mass is 16.4. The highest BCUT2D eigenvalue weighted by molar-refractivity contribution is 5.97. The summed E-state index contributed by atoms with van der Waals surface area (Å²) in [6.07, 6.45) is 2.29. The molecule has 1 saturated heterocycles. The highest BCUT2D eigenvalue weighted by Crippen LogP contribution is 2.48. The van der Waals surface area contributed by atoms with Crippen LogP contribution < -0.4 is 5.32 Å². The lowest BCUT2D eigenvalue weighted by Crippen LogP contribution is -2.52. The zero-order valence-electron chi connectivity index (χ0n) is 8.08. The number of hydrogen-bond donors (Lipinski definition) is 2.